The van der Waals surface area contributed by atoms with Gasteiger partial charge in [0.15, 0.2) is 0 Å². The van der Waals surface area contributed by atoms with E-state index in [4.69, 9.17) is 36.3 Å². The molecule has 0 amide bonds. The van der Waals surface area contributed by atoms with Gasteiger partial charge >= 0.3 is 0 Å². The summed E-state index contributed by atoms with van der Waals surface area (Å²) in [5, 5.41) is 0. The Labute approximate surface area is 140 Å². The van der Waals surface area contributed by atoms with Gasteiger partial charge in [0.1, 0.15) is 0 Å². The predicted octanol–water partition coefficient (Wildman–Crippen LogP) is 2.23. The van der Waals surface area contributed by atoms with Gasteiger partial charge in [-0.25, -0.2) is 0 Å². The maximum Gasteiger partial charge on any atom is 0.0701 e. The van der Waals surface area contributed by atoms with Gasteiger partial charge in [0.2, 0.25) is 0 Å². The third kappa shape index (κ3) is 22.8. The van der Waals surface area contributed by atoms with Crippen molar-refractivity contribution in [3.05, 3.63) is 0 Å². The minimum absolute atomic E-state index is 0. The summed E-state index contributed by atoms with van der Waals surface area (Å²) in [5.74, 6) is 0.760. The van der Waals surface area contributed by atoms with Crippen LogP contribution in [0.15, 0.2) is 0 Å². The summed E-state index contributed by atoms with van der Waals surface area (Å²) in [4.78, 5) is 0. The van der Waals surface area contributed by atoms with E-state index in [9.17, 15) is 0 Å². The van der Waals surface area contributed by atoms with Crippen LogP contribution in [-0.2, 0) is 18.9 Å². The molecule has 130 valence electrons. The molecule has 2 N–H and O–H groups in total. The SMILES string of the molecule is Cl.NCCOCCOCCOCCOCCCCCCCl. The van der Waals surface area contributed by atoms with E-state index in [0.29, 0.717) is 52.8 Å². The Morgan fingerprint density at radius 3 is 1.48 bits per heavy atom. The van der Waals surface area contributed by atoms with Gasteiger partial charge in [0.05, 0.1) is 46.2 Å². The summed E-state index contributed by atoms with van der Waals surface area (Å²) >= 11 is 5.60. The van der Waals surface area contributed by atoms with Crippen molar-refractivity contribution in [3.63, 3.8) is 0 Å². The molecule has 0 saturated heterocycles. The fourth-order valence-electron chi connectivity index (χ4n) is 1.50. The van der Waals surface area contributed by atoms with E-state index in [0.717, 1.165) is 25.3 Å². The summed E-state index contributed by atoms with van der Waals surface area (Å²) in [6.45, 7) is 5.57. The lowest BCUT2D eigenvalue weighted by Gasteiger charge is -2.07. The minimum Gasteiger partial charge on any atom is -0.379 e. The smallest absolute Gasteiger partial charge is 0.0701 e. The standard InChI is InChI=1S/C14H30ClNO4.ClH/c15-5-3-1-2-4-7-17-9-11-19-13-14-20-12-10-18-8-6-16;/h1-14,16H2;1H. The van der Waals surface area contributed by atoms with Gasteiger partial charge in [-0.3, -0.25) is 0 Å². The number of ether oxygens (including phenoxy) is 4. The van der Waals surface area contributed by atoms with E-state index in [2.05, 4.69) is 0 Å². The molecule has 0 fully saturated rings. The maximum absolute atomic E-state index is 5.60. The lowest BCUT2D eigenvalue weighted by Crippen LogP contribution is -2.14. The highest BCUT2D eigenvalue weighted by Crippen LogP contribution is 2.00. The normalized spacial score (nSPS) is 10.6. The van der Waals surface area contributed by atoms with Crippen LogP contribution in [0, 0.1) is 0 Å². The number of hydrogen-bond donors (Lipinski definition) is 1. The number of alkyl halides is 1. The Bertz CT molecular complexity index is 161. The lowest BCUT2D eigenvalue weighted by molar-refractivity contribution is -0.00134. The van der Waals surface area contributed by atoms with Crippen LogP contribution in [0.5, 0.6) is 0 Å². The summed E-state index contributed by atoms with van der Waals surface area (Å²) in [6, 6.07) is 0. The molecule has 0 rings (SSSR count). The summed E-state index contributed by atoms with van der Waals surface area (Å²) in [5.41, 5.74) is 5.29. The molecule has 0 spiro atoms. The molecule has 0 aromatic rings. The van der Waals surface area contributed by atoms with Crippen molar-refractivity contribution in [1.82, 2.24) is 0 Å². The number of hydrogen-bond acceptors (Lipinski definition) is 5. The van der Waals surface area contributed by atoms with Crippen molar-refractivity contribution < 1.29 is 18.9 Å². The number of halogens is 2. The van der Waals surface area contributed by atoms with Crippen LogP contribution in [0.1, 0.15) is 25.7 Å². The highest BCUT2D eigenvalue weighted by Gasteiger charge is 1.93. The summed E-state index contributed by atoms with van der Waals surface area (Å²) in [7, 11) is 0. The number of unbranched alkanes of at least 4 members (excludes halogenated alkanes) is 3. The van der Waals surface area contributed by atoms with Crippen LogP contribution in [0.2, 0.25) is 0 Å². The summed E-state index contributed by atoms with van der Waals surface area (Å²) in [6.07, 6.45) is 4.58. The largest absolute Gasteiger partial charge is 0.379 e. The predicted molar refractivity (Wildman–Crippen MR) is 88.8 cm³/mol. The second-order valence-corrected chi connectivity index (χ2v) is 4.72. The molecule has 7 heteroatoms. The van der Waals surface area contributed by atoms with E-state index in [1.165, 1.54) is 12.8 Å². The molecule has 0 atom stereocenters. The van der Waals surface area contributed by atoms with Crippen LogP contribution in [0.25, 0.3) is 0 Å². The Hall–Kier alpha value is 0.380. The molecule has 0 aliphatic rings. The van der Waals surface area contributed by atoms with Crippen molar-refractivity contribution in [2.45, 2.75) is 25.7 Å². The van der Waals surface area contributed by atoms with Crippen LogP contribution >= 0.6 is 24.0 Å². The molecule has 0 unspecified atom stereocenters. The van der Waals surface area contributed by atoms with Crippen molar-refractivity contribution in [3.8, 4) is 0 Å². The number of nitrogens with two attached hydrogens (primary N) is 1. The zero-order valence-electron chi connectivity index (χ0n) is 12.9. The highest BCUT2D eigenvalue weighted by atomic mass is 35.5. The first kappa shape index (κ1) is 23.6. The van der Waals surface area contributed by atoms with E-state index >= 15 is 0 Å². The van der Waals surface area contributed by atoms with E-state index < -0.39 is 0 Å². The minimum atomic E-state index is 0. The molecule has 0 aromatic carbocycles. The molecule has 0 bridgehead atoms. The third-order valence-corrected chi connectivity index (χ3v) is 2.82. The molecule has 21 heavy (non-hydrogen) atoms. The topological polar surface area (TPSA) is 62.9 Å². The first-order valence-corrected chi connectivity index (χ1v) is 8.02. The maximum atomic E-state index is 5.60. The van der Waals surface area contributed by atoms with E-state index in [1.54, 1.807) is 0 Å². The Morgan fingerprint density at radius 1 is 0.571 bits per heavy atom. The van der Waals surface area contributed by atoms with E-state index in [1.807, 2.05) is 0 Å². The molecule has 0 aromatic heterocycles. The van der Waals surface area contributed by atoms with E-state index in [-0.39, 0.29) is 12.4 Å². The zero-order chi connectivity index (χ0) is 14.7. The van der Waals surface area contributed by atoms with Crippen molar-refractivity contribution in [1.29, 1.82) is 0 Å². The molecular weight excluding hydrogens is 317 g/mol. The highest BCUT2D eigenvalue weighted by molar-refractivity contribution is 6.17. The van der Waals surface area contributed by atoms with Crippen LogP contribution in [0.4, 0.5) is 0 Å². The first-order chi connectivity index (χ1) is 9.91. The second-order valence-electron chi connectivity index (χ2n) is 4.34. The summed E-state index contributed by atoms with van der Waals surface area (Å²) < 4.78 is 21.3. The molecule has 0 aliphatic heterocycles. The van der Waals surface area contributed by atoms with Gasteiger partial charge in [-0.2, -0.15) is 0 Å². The molecule has 5 nitrogen and oxygen atoms in total. The second kappa shape index (κ2) is 22.7. The van der Waals surface area contributed by atoms with Crippen LogP contribution in [-0.4, -0.2) is 65.3 Å². The third-order valence-electron chi connectivity index (χ3n) is 2.55. The zero-order valence-corrected chi connectivity index (χ0v) is 14.5. The Kier molecular flexibility index (Phi) is 25.5. The van der Waals surface area contributed by atoms with Gasteiger partial charge < -0.3 is 24.7 Å². The quantitative estimate of drug-likeness (QED) is 0.323. The fourth-order valence-corrected chi connectivity index (χ4v) is 1.69. The van der Waals surface area contributed by atoms with Crippen molar-refractivity contribution >= 4 is 24.0 Å². The van der Waals surface area contributed by atoms with Gasteiger partial charge in [0, 0.05) is 19.0 Å². The number of rotatable bonds is 17. The van der Waals surface area contributed by atoms with Crippen LogP contribution < -0.4 is 5.73 Å². The molecule has 0 radical (unpaired) electrons. The van der Waals surface area contributed by atoms with Gasteiger partial charge in [-0.05, 0) is 12.8 Å². The van der Waals surface area contributed by atoms with Crippen LogP contribution in [0.3, 0.4) is 0 Å². The Balaban J connectivity index is 0. The van der Waals surface area contributed by atoms with Gasteiger partial charge in [-0.15, -0.1) is 24.0 Å². The molecule has 0 saturated carbocycles. The molecule has 0 aliphatic carbocycles. The monoisotopic (exact) mass is 347 g/mol. The first-order valence-electron chi connectivity index (χ1n) is 7.48. The average Bonchev–Trinajstić information content (AvgIpc) is 2.47. The molecular formula is C14H31Cl2NO4. The van der Waals surface area contributed by atoms with Gasteiger partial charge in [-0.1, -0.05) is 12.8 Å². The van der Waals surface area contributed by atoms with Gasteiger partial charge in [0.25, 0.3) is 0 Å². The molecule has 0 heterocycles. The lowest BCUT2D eigenvalue weighted by atomic mass is 10.2. The van der Waals surface area contributed by atoms with Crippen molar-refractivity contribution in [2.75, 3.05) is 65.3 Å². The fraction of sp³-hybridized carbons (Fsp3) is 1.00. The average molecular weight is 348 g/mol. The Morgan fingerprint density at radius 2 is 1.00 bits per heavy atom. The van der Waals surface area contributed by atoms with Crippen molar-refractivity contribution in [2.24, 2.45) is 5.73 Å².